The van der Waals surface area contributed by atoms with Crippen molar-refractivity contribution in [3.63, 3.8) is 0 Å². The maximum Gasteiger partial charge on any atom is 0.373 e. The van der Waals surface area contributed by atoms with Crippen LogP contribution in [0.25, 0.3) is 0 Å². The minimum Gasteiger partial charge on any atom is -1.00 e. The van der Waals surface area contributed by atoms with Crippen LogP contribution in [0.15, 0.2) is 42.7 Å². The van der Waals surface area contributed by atoms with Gasteiger partial charge in [-0.1, -0.05) is 36.4 Å². The Balaban J connectivity index is 0.00000156. The van der Waals surface area contributed by atoms with Gasteiger partial charge in [-0.25, -0.2) is 0 Å². The Kier molecular flexibility index (Phi) is 3.22. The van der Waals surface area contributed by atoms with Crippen LogP contribution in [-0.2, 0) is 12.8 Å². The Morgan fingerprint density at radius 2 is 1.57 bits per heavy atom. The quantitative estimate of drug-likeness (QED) is 0.471. The molecule has 2 aliphatic carbocycles. The van der Waals surface area contributed by atoms with E-state index in [1.807, 2.05) is 0 Å². The molecular formula is C23H21BrN2O2. The van der Waals surface area contributed by atoms with E-state index in [-0.39, 0.29) is 41.3 Å². The number of benzene rings is 2. The van der Waals surface area contributed by atoms with Crippen molar-refractivity contribution >= 4 is 0 Å². The van der Waals surface area contributed by atoms with Crippen molar-refractivity contribution in [3.05, 3.63) is 76.1 Å². The van der Waals surface area contributed by atoms with Crippen LogP contribution < -0.4 is 31.0 Å². The average Bonchev–Trinajstić information content (AvgIpc) is 3.37. The molecule has 2 aromatic carbocycles. The molecule has 0 unspecified atom stereocenters. The molecule has 4 atom stereocenters. The molecule has 2 aliphatic heterocycles. The van der Waals surface area contributed by atoms with Crippen molar-refractivity contribution in [2.45, 2.75) is 51.0 Å². The van der Waals surface area contributed by atoms with Gasteiger partial charge in [-0.3, -0.25) is 0 Å². The van der Waals surface area contributed by atoms with E-state index in [0.717, 1.165) is 24.6 Å². The van der Waals surface area contributed by atoms with E-state index in [4.69, 9.17) is 9.47 Å². The summed E-state index contributed by atoms with van der Waals surface area (Å²) in [4.78, 5) is 0. The van der Waals surface area contributed by atoms with Crippen molar-refractivity contribution in [2.24, 2.45) is 0 Å². The second-order valence-corrected chi connectivity index (χ2v) is 8.45. The molecule has 4 nitrogen and oxygen atoms in total. The topological polar surface area (TPSA) is 27.3 Å². The predicted octanol–water partition coefficient (Wildman–Crippen LogP) is 0.209. The van der Waals surface area contributed by atoms with Crippen molar-refractivity contribution < 1.29 is 31.0 Å². The monoisotopic (exact) mass is 436 g/mol. The minimum absolute atomic E-state index is 0. The van der Waals surface area contributed by atoms with Gasteiger partial charge in [-0.2, -0.15) is 9.13 Å². The van der Waals surface area contributed by atoms with Gasteiger partial charge >= 0.3 is 11.8 Å². The van der Waals surface area contributed by atoms with E-state index in [2.05, 4.69) is 65.7 Å². The number of hydrogen-bond donors (Lipinski definition) is 0. The van der Waals surface area contributed by atoms with Crippen LogP contribution in [0.1, 0.15) is 45.5 Å². The molecule has 4 aliphatic rings. The Bertz CT molecular complexity index is 1060. The Morgan fingerprint density at radius 1 is 0.893 bits per heavy atom. The van der Waals surface area contributed by atoms with Gasteiger partial charge in [-0.15, -0.1) is 0 Å². The van der Waals surface area contributed by atoms with Gasteiger partial charge in [0.1, 0.15) is 0 Å². The smallest absolute Gasteiger partial charge is 0.373 e. The standard InChI is InChI=1S/C23H21N2O2.BrH/c1-12-5-3-7-14-9-16-20(18(12)14)24-11-25-21-17(27-23(25)22(24)26-16)10-15-8-4-6-13(2)19(15)21;/h3-8,11,16-17,20-21H,9-10H2,1-2H3;1H/q+1;/p-1/t16-,17-,20-,21-;/m0./s1. The lowest BCUT2D eigenvalue weighted by Gasteiger charge is -2.11. The molecule has 0 N–H and O–H groups in total. The molecule has 0 amide bonds. The van der Waals surface area contributed by atoms with Gasteiger partial charge in [0.2, 0.25) is 0 Å². The molecule has 28 heavy (non-hydrogen) atoms. The number of aromatic nitrogens is 2. The maximum atomic E-state index is 6.45. The lowest BCUT2D eigenvalue weighted by molar-refractivity contribution is -0.697. The third-order valence-electron chi connectivity index (χ3n) is 6.99. The molecule has 0 saturated heterocycles. The molecule has 1 aromatic heterocycles. The van der Waals surface area contributed by atoms with E-state index < -0.39 is 0 Å². The van der Waals surface area contributed by atoms with Gasteiger partial charge in [0.15, 0.2) is 24.3 Å². The largest absolute Gasteiger partial charge is 1.00 e. The molecule has 3 aromatic rings. The van der Waals surface area contributed by atoms with Crippen LogP contribution in [0.2, 0.25) is 0 Å². The highest BCUT2D eigenvalue weighted by molar-refractivity contribution is 5.48. The van der Waals surface area contributed by atoms with Crippen LogP contribution in [0, 0.1) is 13.8 Å². The molecule has 0 bridgehead atoms. The Hall–Kier alpha value is -2.27. The lowest BCUT2D eigenvalue weighted by Crippen LogP contribution is -3.00. The van der Waals surface area contributed by atoms with Crippen LogP contribution in [0.3, 0.4) is 0 Å². The second-order valence-electron chi connectivity index (χ2n) is 8.45. The van der Waals surface area contributed by atoms with Crippen molar-refractivity contribution in [3.8, 4) is 11.8 Å². The van der Waals surface area contributed by atoms with Gasteiger partial charge in [0.05, 0.1) is 0 Å². The molecule has 0 spiro atoms. The summed E-state index contributed by atoms with van der Waals surface area (Å²) >= 11 is 0. The zero-order chi connectivity index (χ0) is 17.9. The highest BCUT2D eigenvalue weighted by Crippen LogP contribution is 2.51. The van der Waals surface area contributed by atoms with Crippen molar-refractivity contribution in [1.29, 1.82) is 0 Å². The third kappa shape index (κ3) is 1.84. The number of ether oxygens (including phenoxy) is 2. The molecule has 3 heterocycles. The van der Waals surface area contributed by atoms with Crippen LogP contribution in [0.4, 0.5) is 0 Å². The fourth-order valence-electron chi connectivity index (χ4n) is 5.93. The first kappa shape index (κ1) is 16.7. The number of fused-ring (bicyclic) bond motifs is 11. The first-order chi connectivity index (χ1) is 13.2. The number of rotatable bonds is 0. The summed E-state index contributed by atoms with van der Waals surface area (Å²) in [7, 11) is 0. The average molecular weight is 437 g/mol. The second kappa shape index (κ2) is 5.41. The molecule has 5 heteroatoms. The van der Waals surface area contributed by atoms with Crippen LogP contribution >= 0.6 is 0 Å². The molecule has 7 rings (SSSR count). The summed E-state index contributed by atoms with van der Waals surface area (Å²) in [5.41, 5.74) is 8.45. The van der Waals surface area contributed by atoms with E-state index >= 15 is 0 Å². The number of aryl methyl sites for hydroxylation is 2. The fourth-order valence-corrected chi connectivity index (χ4v) is 5.93. The normalized spacial score (nSPS) is 26.9. The van der Waals surface area contributed by atoms with Crippen LogP contribution in [-0.4, -0.2) is 16.8 Å². The summed E-state index contributed by atoms with van der Waals surface area (Å²) in [6.07, 6.45) is 4.61. The van der Waals surface area contributed by atoms with Gasteiger partial charge < -0.3 is 26.5 Å². The number of nitrogens with zero attached hydrogens (tertiary/aromatic N) is 2. The summed E-state index contributed by atoms with van der Waals surface area (Å²) in [6, 6.07) is 13.8. The number of hydrogen-bond acceptors (Lipinski definition) is 2. The fraction of sp³-hybridized carbons (Fsp3) is 0.348. The summed E-state index contributed by atoms with van der Waals surface area (Å²) < 4.78 is 17.6. The minimum atomic E-state index is 0. The summed E-state index contributed by atoms with van der Waals surface area (Å²) in [5.74, 6) is 1.84. The third-order valence-corrected chi connectivity index (χ3v) is 6.99. The van der Waals surface area contributed by atoms with E-state index in [1.165, 1.54) is 33.4 Å². The highest BCUT2D eigenvalue weighted by atomic mass is 79.9. The molecular weight excluding hydrogens is 416 g/mol. The SMILES string of the molecule is Cc1cccc2c1[C@@H]1[C@H](C2)Oc2c3[n+](cn21)[C@@H]1c2c(C)cccc2C[C@@H]1O3.[Br-]. The maximum absolute atomic E-state index is 6.45. The van der Waals surface area contributed by atoms with E-state index in [1.54, 1.807) is 0 Å². The van der Waals surface area contributed by atoms with Crippen molar-refractivity contribution in [2.75, 3.05) is 0 Å². The lowest BCUT2D eigenvalue weighted by atomic mass is 10.0. The van der Waals surface area contributed by atoms with Crippen LogP contribution in [0.5, 0.6) is 11.8 Å². The number of halogens is 1. The first-order valence-electron chi connectivity index (χ1n) is 9.87. The van der Waals surface area contributed by atoms with Crippen molar-refractivity contribution in [1.82, 2.24) is 4.57 Å². The zero-order valence-electron chi connectivity index (χ0n) is 15.9. The van der Waals surface area contributed by atoms with E-state index in [0.29, 0.717) is 0 Å². The zero-order valence-corrected chi connectivity index (χ0v) is 17.4. The molecule has 0 fully saturated rings. The summed E-state index contributed by atoms with van der Waals surface area (Å²) in [6.45, 7) is 4.43. The van der Waals surface area contributed by atoms with E-state index in [9.17, 15) is 0 Å². The molecule has 142 valence electrons. The summed E-state index contributed by atoms with van der Waals surface area (Å²) in [5, 5.41) is 0. The predicted molar refractivity (Wildman–Crippen MR) is 99.5 cm³/mol. The first-order valence-corrected chi connectivity index (χ1v) is 9.87. The Morgan fingerprint density at radius 3 is 2.36 bits per heavy atom. The van der Waals surface area contributed by atoms with Gasteiger partial charge in [0.25, 0.3) is 6.33 Å². The Labute approximate surface area is 174 Å². The van der Waals surface area contributed by atoms with Gasteiger partial charge in [0, 0.05) is 24.0 Å². The molecule has 0 saturated carbocycles. The number of imidazole rings is 1. The van der Waals surface area contributed by atoms with Gasteiger partial charge in [-0.05, 0) is 36.1 Å². The molecule has 0 radical (unpaired) electrons. The highest BCUT2D eigenvalue weighted by Gasteiger charge is 2.56.